The zero-order chi connectivity index (χ0) is 16.1. The van der Waals surface area contributed by atoms with Crippen LogP contribution < -0.4 is 10.6 Å². The number of carbonyl (C=O) groups excluding carboxylic acids is 1. The number of urea groups is 1. The first-order valence-corrected chi connectivity index (χ1v) is 7.67. The molecule has 2 N–H and O–H groups in total. The summed E-state index contributed by atoms with van der Waals surface area (Å²) in [6.07, 6.45) is 4.73. The maximum atomic E-state index is 12.0. The minimum absolute atomic E-state index is 0.111. The Morgan fingerprint density at radius 2 is 2.30 bits per heavy atom. The Kier molecular flexibility index (Phi) is 4.52. The monoisotopic (exact) mass is 330 g/mol. The topological polar surface area (TPSA) is 111 Å². The first-order chi connectivity index (χ1) is 11.2. The average molecular weight is 330 g/mol. The number of nitrogens with zero attached hydrogens (tertiary/aromatic N) is 6. The van der Waals surface area contributed by atoms with Crippen molar-refractivity contribution >= 4 is 22.5 Å². The third-order valence-electron chi connectivity index (χ3n) is 2.83. The number of hydrogen-bond donors (Lipinski definition) is 2. The number of rotatable bonds is 5. The number of pyridine rings is 1. The van der Waals surface area contributed by atoms with Gasteiger partial charge in [-0.3, -0.25) is 15.0 Å². The fourth-order valence-electron chi connectivity index (χ4n) is 1.88. The van der Waals surface area contributed by atoms with Gasteiger partial charge >= 0.3 is 6.03 Å². The molecule has 3 aromatic heterocycles. The van der Waals surface area contributed by atoms with Crippen molar-refractivity contribution in [3.8, 4) is 10.7 Å². The van der Waals surface area contributed by atoms with Crippen molar-refractivity contribution in [2.75, 3.05) is 5.32 Å². The van der Waals surface area contributed by atoms with Crippen LogP contribution in [-0.4, -0.2) is 42.0 Å². The van der Waals surface area contributed by atoms with Crippen LogP contribution in [0.15, 0.2) is 37.1 Å². The second-order valence-corrected chi connectivity index (χ2v) is 5.72. The van der Waals surface area contributed by atoms with E-state index in [1.165, 1.54) is 17.7 Å². The largest absolute Gasteiger partial charge is 0.333 e. The molecule has 1 unspecified atom stereocenters. The van der Waals surface area contributed by atoms with Crippen LogP contribution in [0.3, 0.4) is 0 Å². The molecule has 0 saturated carbocycles. The number of amides is 2. The molecule has 2 amide bonds. The molecule has 0 saturated heterocycles. The molecule has 0 radical (unpaired) electrons. The quantitative estimate of drug-likeness (QED) is 0.731. The number of anilines is 1. The van der Waals surface area contributed by atoms with Gasteiger partial charge in [0, 0.05) is 12.2 Å². The smallest absolute Gasteiger partial charge is 0.321 e. The fraction of sp³-hybridized carbons (Fsp3) is 0.231. The zero-order valence-electron chi connectivity index (χ0n) is 12.2. The van der Waals surface area contributed by atoms with Gasteiger partial charge in [-0.1, -0.05) is 17.4 Å². The van der Waals surface area contributed by atoms with Gasteiger partial charge in [0.2, 0.25) is 5.13 Å². The van der Waals surface area contributed by atoms with Gasteiger partial charge in [-0.05, 0) is 19.1 Å². The maximum Gasteiger partial charge on any atom is 0.321 e. The lowest BCUT2D eigenvalue weighted by Gasteiger charge is -2.13. The molecule has 118 valence electrons. The molecule has 0 aliphatic rings. The summed E-state index contributed by atoms with van der Waals surface area (Å²) in [5.41, 5.74) is 0.720. The summed E-state index contributed by atoms with van der Waals surface area (Å²) in [7, 11) is 0. The van der Waals surface area contributed by atoms with Crippen molar-refractivity contribution in [3.63, 3.8) is 0 Å². The van der Waals surface area contributed by atoms with Crippen LogP contribution in [0.1, 0.15) is 6.92 Å². The third kappa shape index (κ3) is 4.07. The normalized spacial score (nSPS) is 11.9. The molecule has 10 heteroatoms. The SMILES string of the molecule is CC(Cn1cncn1)NC(=O)Nc1nnc(-c2ccccn2)s1. The highest BCUT2D eigenvalue weighted by Crippen LogP contribution is 2.24. The molecule has 3 aromatic rings. The lowest BCUT2D eigenvalue weighted by atomic mass is 10.3. The van der Waals surface area contributed by atoms with E-state index in [0.717, 1.165) is 5.69 Å². The molecule has 1 atom stereocenters. The summed E-state index contributed by atoms with van der Waals surface area (Å²) in [5.74, 6) is 0. The van der Waals surface area contributed by atoms with Crippen LogP contribution in [0.25, 0.3) is 10.7 Å². The summed E-state index contributed by atoms with van der Waals surface area (Å²) in [6.45, 7) is 2.41. The van der Waals surface area contributed by atoms with Crippen LogP contribution in [-0.2, 0) is 6.54 Å². The van der Waals surface area contributed by atoms with E-state index < -0.39 is 0 Å². The Labute approximate surface area is 135 Å². The molecule has 0 aliphatic carbocycles. The van der Waals surface area contributed by atoms with Gasteiger partial charge in [0.05, 0.1) is 6.54 Å². The Morgan fingerprint density at radius 1 is 1.39 bits per heavy atom. The van der Waals surface area contributed by atoms with E-state index in [2.05, 4.69) is 35.9 Å². The number of hydrogen-bond acceptors (Lipinski definition) is 7. The summed E-state index contributed by atoms with van der Waals surface area (Å²) in [5, 5.41) is 18.5. The van der Waals surface area contributed by atoms with Gasteiger partial charge in [-0.25, -0.2) is 9.78 Å². The van der Waals surface area contributed by atoms with Crippen molar-refractivity contribution in [3.05, 3.63) is 37.1 Å². The minimum atomic E-state index is -0.346. The number of nitrogens with one attached hydrogen (secondary N) is 2. The molecule has 3 heterocycles. The highest BCUT2D eigenvalue weighted by atomic mass is 32.1. The summed E-state index contributed by atoms with van der Waals surface area (Å²) in [4.78, 5) is 20.0. The van der Waals surface area contributed by atoms with Crippen LogP contribution in [0.5, 0.6) is 0 Å². The molecular formula is C13H14N8OS. The van der Waals surface area contributed by atoms with Crippen LogP contribution in [0.2, 0.25) is 0 Å². The van der Waals surface area contributed by atoms with Crippen LogP contribution in [0, 0.1) is 0 Å². The first-order valence-electron chi connectivity index (χ1n) is 6.85. The molecular weight excluding hydrogens is 316 g/mol. The Balaban J connectivity index is 1.55. The van der Waals surface area contributed by atoms with Gasteiger partial charge < -0.3 is 5.32 Å². The van der Waals surface area contributed by atoms with Crippen molar-refractivity contribution in [1.29, 1.82) is 0 Å². The lowest BCUT2D eigenvalue weighted by molar-refractivity contribution is 0.247. The predicted octanol–water partition coefficient (Wildman–Crippen LogP) is 1.40. The maximum absolute atomic E-state index is 12.0. The van der Waals surface area contributed by atoms with Gasteiger partial charge in [-0.15, -0.1) is 10.2 Å². The molecule has 9 nitrogen and oxygen atoms in total. The Bertz CT molecular complexity index is 757. The van der Waals surface area contributed by atoms with E-state index >= 15 is 0 Å². The molecule has 23 heavy (non-hydrogen) atoms. The first kappa shape index (κ1) is 15.0. The molecule has 0 bridgehead atoms. The second-order valence-electron chi connectivity index (χ2n) is 4.74. The summed E-state index contributed by atoms with van der Waals surface area (Å²) in [6, 6.07) is 5.08. The fourth-order valence-corrected chi connectivity index (χ4v) is 2.59. The molecule has 3 rings (SSSR count). The van der Waals surface area contributed by atoms with Crippen molar-refractivity contribution in [2.45, 2.75) is 19.5 Å². The van der Waals surface area contributed by atoms with Gasteiger partial charge in [-0.2, -0.15) is 5.10 Å². The third-order valence-corrected chi connectivity index (χ3v) is 3.70. The van der Waals surface area contributed by atoms with E-state index in [4.69, 9.17) is 0 Å². The van der Waals surface area contributed by atoms with Crippen molar-refractivity contribution in [2.24, 2.45) is 0 Å². The summed E-state index contributed by atoms with van der Waals surface area (Å²) >= 11 is 1.26. The van der Waals surface area contributed by atoms with Crippen molar-refractivity contribution < 1.29 is 4.79 Å². The van der Waals surface area contributed by atoms with Crippen molar-refractivity contribution in [1.82, 2.24) is 35.3 Å². The summed E-state index contributed by atoms with van der Waals surface area (Å²) < 4.78 is 1.65. The van der Waals surface area contributed by atoms with E-state index in [0.29, 0.717) is 16.7 Å². The van der Waals surface area contributed by atoms with E-state index in [-0.39, 0.29) is 12.1 Å². The van der Waals surface area contributed by atoms with Crippen LogP contribution in [0.4, 0.5) is 9.93 Å². The standard InChI is InChI=1S/C13H14N8OS/c1-9(6-21-8-14-7-16-21)17-12(22)18-13-20-19-11(23-13)10-4-2-3-5-15-10/h2-5,7-9H,6H2,1H3,(H2,17,18,20,22). The molecule has 0 fully saturated rings. The van der Waals surface area contributed by atoms with Gasteiger partial charge in [0.25, 0.3) is 0 Å². The minimum Gasteiger partial charge on any atom is -0.333 e. The van der Waals surface area contributed by atoms with Crippen LogP contribution >= 0.6 is 11.3 Å². The molecule has 0 spiro atoms. The Morgan fingerprint density at radius 3 is 3.04 bits per heavy atom. The highest BCUT2D eigenvalue weighted by molar-refractivity contribution is 7.18. The lowest BCUT2D eigenvalue weighted by Crippen LogP contribution is -2.38. The number of carbonyl (C=O) groups is 1. The zero-order valence-corrected chi connectivity index (χ0v) is 13.1. The second kappa shape index (κ2) is 6.92. The predicted molar refractivity (Wildman–Crippen MR) is 84.8 cm³/mol. The Hall–Kier alpha value is -2.88. The average Bonchev–Trinajstić information content (AvgIpc) is 3.20. The van der Waals surface area contributed by atoms with Gasteiger partial charge in [0.15, 0.2) is 5.01 Å². The molecule has 0 aromatic carbocycles. The van der Waals surface area contributed by atoms with E-state index in [9.17, 15) is 4.79 Å². The number of aromatic nitrogens is 6. The van der Waals surface area contributed by atoms with E-state index in [1.54, 1.807) is 17.2 Å². The highest BCUT2D eigenvalue weighted by Gasteiger charge is 2.12. The van der Waals surface area contributed by atoms with Gasteiger partial charge in [0.1, 0.15) is 18.3 Å². The molecule has 0 aliphatic heterocycles. The van der Waals surface area contributed by atoms with E-state index in [1.807, 2.05) is 25.1 Å².